The molecule has 0 unspecified atom stereocenters. The van der Waals surface area contributed by atoms with Gasteiger partial charge in [0.15, 0.2) is 10.4 Å². The lowest BCUT2D eigenvalue weighted by Crippen LogP contribution is -1.99. The van der Waals surface area contributed by atoms with Crippen molar-refractivity contribution >= 4 is 27.5 Å². The van der Waals surface area contributed by atoms with E-state index < -0.39 is 5.82 Å². The smallest absolute Gasteiger partial charge is 0.223 e. The summed E-state index contributed by atoms with van der Waals surface area (Å²) in [7, 11) is 1.63. The predicted molar refractivity (Wildman–Crippen MR) is 54.7 cm³/mol. The van der Waals surface area contributed by atoms with Gasteiger partial charge in [-0.15, -0.1) is 5.10 Å². The van der Waals surface area contributed by atoms with E-state index in [0.29, 0.717) is 10.3 Å². The Bertz CT molecular complexity index is 495. The van der Waals surface area contributed by atoms with Crippen molar-refractivity contribution in [3.05, 3.63) is 21.9 Å². The molecule has 0 saturated carbocycles. The lowest BCUT2D eigenvalue weighted by molar-refractivity contribution is 0.613. The fourth-order valence-electron chi connectivity index (χ4n) is 1.09. The number of aryl methyl sites for hydroxylation is 1. The quantitative estimate of drug-likeness (QED) is 0.752. The average Bonchev–Trinajstić information content (AvgIpc) is 2.51. The van der Waals surface area contributed by atoms with Crippen LogP contribution in [0.2, 0.25) is 5.28 Å². The third-order valence-corrected chi connectivity index (χ3v) is 2.44. The predicted octanol–water partition coefficient (Wildman–Crippen LogP) is 1.83. The Labute approximate surface area is 97.4 Å². The van der Waals surface area contributed by atoms with Crippen molar-refractivity contribution in [2.45, 2.75) is 0 Å². The minimum atomic E-state index is -0.578. The summed E-state index contributed by atoms with van der Waals surface area (Å²) in [5.74, 6) is -0.578. The first kappa shape index (κ1) is 10.4. The number of aromatic nitrogens is 5. The fraction of sp³-hybridized carbons (Fsp3) is 0.143. The van der Waals surface area contributed by atoms with Crippen LogP contribution in [-0.2, 0) is 7.05 Å². The zero-order chi connectivity index (χ0) is 11.0. The number of rotatable bonds is 1. The van der Waals surface area contributed by atoms with Crippen LogP contribution in [0.3, 0.4) is 0 Å². The number of hydrogen-bond donors (Lipinski definition) is 0. The van der Waals surface area contributed by atoms with Gasteiger partial charge in [-0.25, -0.2) is 19.0 Å². The van der Waals surface area contributed by atoms with E-state index in [4.69, 9.17) is 11.6 Å². The Morgan fingerprint density at radius 3 is 2.87 bits per heavy atom. The van der Waals surface area contributed by atoms with E-state index in [1.54, 1.807) is 7.05 Å². The number of hydrogen-bond acceptors (Lipinski definition) is 4. The molecule has 0 N–H and O–H groups in total. The molecule has 2 aromatic heterocycles. The van der Waals surface area contributed by atoms with E-state index in [2.05, 4.69) is 36.2 Å². The van der Waals surface area contributed by atoms with E-state index in [-0.39, 0.29) is 11.0 Å². The second kappa shape index (κ2) is 3.82. The molecule has 2 aromatic rings. The Kier molecular flexibility index (Phi) is 2.66. The number of halogens is 3. The van der Waals surface area contributed by atoms with Crippen molar-refractivity contribution in [1.29, 1.82) is 0 Å². The van der Waals surface area contributed by atoms with Gasteiger partial charge in [-0.3, -0.25) is 0 Å². The van der Waals surface area contributed by atoms with Crippen LogP contribution in [0.15, 0.2) is 10.8 Å². The van der Waals surface area contributed by atoms with Crippen LogP contribution in [0, 0.1) is 5.82 Å². The first-order valence-electron chi connectivity index (χ1n) is 3.83. The van der Waals surface area contributed by atoms with Crippen LogP contribution >= 0.6 is 27.5 Å². The number of nitrogens with zero attached hydrogens (tertiary/aromatic N) is 5. The molecule has 0 aliphatic carbocycles. The normalized spacial score (nSPS) is 10.7. The standard InChI is InChI=1S/C7H4BrClFN5/c1-15-5(6(8)13-14-15)4-3(10)2-11-7(9)12-4/h2H,1H3. The second-order valence-corrected chi connectivity index (χ2v) is 3.78. The summed E-state index contributed by atoms with van der Waals surface area (Å²) < 4.78 is 15.2. The van der Waals surface area contributed by atoms with Crippen molar-refractivity contribution in [3.8, 4) is 11.4 Å². The van der Waals surface area contributed by atoms with Crippen LogP contribution in [0.25, 0.3) is 11.4 Å². The Hall–Kier alpha value is -1.08. The first-order chi connectivity index (χ1) is 7.09. The van der Waals surface area contributed by atoms with Crippen LogP contribution in [0.4, 0.5) is 4.39 Å². The third kappa shape index (κ3) is 1.84. The Balaban J connectivity index is 2.68. The molecule has 8 heteroatoms. The Morgan fingerprint density at radius 1 is 1.53 bits per heavy atom. The molecule has 0 aliphatic rings. The highest BCUT2D eigenvalue weighted by Crippen LogP contribution is 2.26. The summed E-state index contributed by atoms with van der Waals surface area (Å²) in [6.07, 6.45) is 1.00. The summed E-state index contributed by atoms with van der Waals surface area (Å²) in [4.78, 5) is 7.31. The van der Waals surface area contributed by atoms with Crippen molar-refractivity contribution in [1.82, 2.24) is 25.0 Å². The molecular formula is C7H4BrClFN5. The Morgan fingerprint density at radius 2 is 2.27 bits per heavy atom. The van der Waals surface area contributed by atoms with E-state index >= 15 is 0 Å². The zero-order valence-electron chi connectivity index (χ0n) is 7.45. The molecule has 0 radical (unpaired) electrons. The van der Waals surface area contributed by atoms with E-state index in [1.807, 2.05) is 0 Å². The molecular weight excluding hydrogens is 288 g/mol. The minimum Gasteiger partial charge on any atom is -0.245 e. The summed E-state index contributed by atoms with van der Waals surface area (Å²) in [6.45, 7) is 0. The second-order valence-electron chi connectivity index (χ2n) is 2.69. The molecule has 15 heavy (non-hydrogen) atoms. The van der Waals surface area contributed by atoms with E-state index in [0.717, 1.165) is 6.20 Å². The van der Waals surface area contributed by atoms with Gasteiger partial charge in [-0.1, -0.05) is 5.21 Å². The minimum absolute atomic E-state index is 0.0282. The van der Waals surface area contributed by atoms with Gasteiger partial charge in [0.25, 0.3) is 0 Å². The molecule has 5 nitrogen and oxygen atoms in total. The van der Waals surface area contributed by atoms with Crippen LogP contribution < -0.4 is 0 Å². The molecule has 0 amide bonds. The van der Waals surface area contributed by atoms with Crippen LogP contribution in [0.1, 0.15) is 0 Å². The highest BCUT2D eigenvalue weighted by atomic mass is 79.9. The van der Waals surface area contributed by atoms with Crippen LogP contribution in [0.5, 0.6) is 0 Å². The average molecular weight is 292 g/mol. The molecule has 0 aromatic carbocycles. The van der Waals surface area contributed by atoms with Gasteiger partial charge in [-0.2, -0.15) is 0 Å². The molecule has 0 saturated heterocycles. The van der Waals surface area contributed by atoms with Crippen molar-refractivity contribution in [2.75, 3.05) is 0 Å². The van der Waals surface area contributed by atoms with Gasteiger partial charge < -0.3 is 0 Å². The lowest BCUT2D eigenvalue weighted by atomic mass is 10.3. The molecule has 0 spiro atoms. The largest absolute Gasteiger partial charge is 0.245 e. The summed E-state index contributed by atoms with van der Waals surface area (Å²) in [6, 6.07) is 0. The fourth-order valence-corrected chi connectivity index (χ4v) is 1.74. The van der Waals surface area contributed by atoms with Gasteiger partial charge in [0.1, 0.15) is 11.4 Å². The maximum Gasteiger partial charge on any atom is 0.223 e. The van der Waals surface area contributed by atoms with Gasteiger partial charge in [0.2, 0.25) is 5.28 Å². The third-order valence-electron chi connectivity index (χ3n) is 1.72. The van der Waals surface area contributed by atoms with Crippen molar-refractivity contribution < 1.29 is 4.39 Å². The maximum absolute atomic E-state index is 13.4. The molecule has 0 atom stereocenters. The highest BCUT2D eigenvalue weighted by molar-refractivity contribution is 9.10. The first-order valence-corrected chi connectivity index (χ1v) is 5.00. The molecule has 0 fully saturated rings. The molecule has 0 aliphatic heterocycles. The zero-order valence-corrected chi connectivity index (χ0v) is 9.79. The monoisotopic (exact) mass is 291 g/mol. The summed E-state index contributed by atoms with van der Waals surface area (Å²) in [5.41, 5.74) is 0.478. The maximum atomic E-state index is 13.4. The van der Waals surface area contributed by atoms with Gasteiger partial charge in [0.05, 0.1) is 6.20 Å². The van der Waals surface area contributed by atoms with Gasteiger partial charge >= 0.3 is 0 Å². The van der Waals surface area contributed by atoms with Crippen LogP contribution in [-0.4, -0.2) is 25.0 Å². The SMILES string of the molecule is Cn1nnc(Br)c1-c1nc(Cl)ncc1F. The molecule has 78 valence electrons. The molecule has 2 heterocycles. The van der Waals surface area contributed by atoms with E-state index in [9.17, 15) is 4.39 Å². The molecule has 0 bridgehead atoms. The molecule has 2 rings (SSSR count). The van der Waals surface area contributed by atoms with Crippen molar-refractivity contribution in [2.24, 2.45) is 7.05 Å². The van der Waals surface area contributed by atoms with Gasteiger partial charge in [-0.05, 0) is 27.5 Å². The lowest BCUT2D eigenvalue weighted by Gasteiger charge is -2.02. The summed E-state index contributed by atoms with van der Waals surface area (Å²) >= 11 is 8.73. The van der Waals surface area contributed by atoms with E-state index in [1.165, 1.54) is 4.68 Å². The van der Waals surface area contributed by atoms with Crippen molar-refractivity contribution in [3.63, 3.8) is 0 Å². The van der Waals surface area contributed by atoms with Gasteiger partial charge in [0, 0.05) is 7.05 Å². The summed E-state index contributed by atoms with van der Waals surface area (Å²) in [5, 5.41) is 7.41. The topological polar surface area (TPSA) is 56.5 Å². The highest BCUT2D eigenvalue weighted by Gasteiger charge is 2.17.